The van der Waals surface area contributed by atoms with Crippen molar-refractivity contribution in [2.45, 2.75) is 70.1 Å². The molecule has 4 nitrogen and oxygen atoms in total. The second-order valence-electron chi connectivity index (χ2n) is 10.4. The normalized spacial score (nSPS) is 21.7. The monoisotopic (exact) mass is 456 g/mol. The lowest BCUT2D eigenvalue weighted by Crippen LogP contribution is -2.35. The van der Waals surface area contributed by atoms with Gasteiger partial charge in [0.2, 0.25) is 0 Å². The summed E-state index contributed by atoms with van der Waals surface area (Å²) in [5.41, 5.74) is 1.48. The number of Topliss-reactive ketones (excluding diaryl/α,β-unsaturated/α-hetero) is 1. The second kappa shape index (κ2) is 9.48. The molecule has 0 heterocycles. The van der Waals surface area contributed by atoms with Gasteiger partial charge < -0.3 is 5.11 Å². The third-order valence-electron chi connectivity index (χ3n) is 6.92. The van der Waals surface area contributed by atoms with Crippen molar-refractivity contribution >= 4 is 15.6 Å². The molecule has 5 heteroatoms. The van der Waals surface area contributed by atoms with Gasteiger partial charge >= 0.3 is 0 Å². The van der Waals surface area contributed by atoms with Crippen molar-refractivity contribution in [3.63, 3.8) is 0 Å². The van der Waals surface area contributed by atoms with Gasteiger partial charge in [0.15, 0.2) is 9.84 Å². The van der Waals surface area contributed by atoms with Gasteiger partial charge in [0, 0.05) is 12.3 Å². The summed E-state index contributed by atoms with van der Waals surface area (Å²) in [5.74, 6) is 0.614. The van der Waals surface area contributed by atoms with Crippen LogP contribution in [0.15, 0.2) is 54.6 Å². The van der Waals surface area contributed by atoms with E-state index < -0.39 is 20.2 Å². The maximum atomic E-state index is 12.9. The Morgan fingerprint density at radius 2 is 1.41 bits per heavy atom. The van der Waals surface area contributed by atoms with Crippen LogP contribution in [0, 0.1) is 11.8 Å². The molecule has 1 aliphatic carbocycles. The number of rotatable bonds is 7. The quantitative estimate of drug-likeness (QED) is 0.631. The van der Waals surface area contributed by atoms with Gasteiger partial charge in [-0.1, -0.05) is 54.6 Å². The summed E-state index contributed by atoms with van der Waals surface area (Å²) >= 11 is 0. The molecule has 2 aromatic carbocycles. The third kappa shape index (κ3) is 5.68. The Bertz CT molecular complexity index is 1010. The minimum Gasteiger partial charge on any atom is -0.381 e. The Morgan fingerprint density at radius 1 is 0.875 bits per heavy atom. The first-order valence-electron chi connectivity index (χ1n) is 11.5. The Morgan fingerprint density at radius 3 is 1.94 bits per heavy atom. The van der Waals surface area contributed by atoms with E-state index in [0.29, 0.717) is 6.42 Å². The number of hydrogen-bond donors (Lipinski definition) is 1. The molecule has 0 aliphatic heterocycles. The van der Waals surface area contributed by atoms with Crippen molar-refractivity contribution < 1.29 is 18.3 Å². The van der Waals surface area contributed by atoms with Gasteiger partial charge in [-0.15, -0.1) is 0 Å². The summed E-state index contributed by atoms with van der Waals surface area (Å²) in [7, 11) is -3.13. The second-order valence-corrected chi connectivity index (χ2v) is 13.2. The highest BCUT2D eigenvalue weighted by Crippen LogP contribution is 2.33. The topological polar surface area (TPSA) is 71.4 Å². The maximum absolute atomic E-state index is 12.9. The zero-order chi connectivity index (χ0) is 23.6. The average molecular weight is 457 g/mol. The summed E-state index contributed by atoms with van der Waals surface area (Å²) in [6.07, 6.45) is 3.51. The van der Waals surface area contributed by atoms with Gasteiger partial charge in [0.25, 0.3) is 0 Å². The van der Waals surface area contributed by atoms with Gasteiger partial charge in [-0.3, -0.25) is 4.79 Å². The van der Waals surface area contributed by atoms with Crippen LogP contribution < -0.4 is 0 Å². The van der Waals surface area contributed by atoms with Crippen LogP contribution in [-0.4, -0.2) is 29.8 Å². The van der Waals surface area contributed by atoms with Gasteiger partial charge in [0.1, 0.15) is 11.4 Å². The Labute approximate surface area is 193 Å². The predicted octanol–water partition coefficient (Wildman–Crippen LogP) is 5.07. The van der Waals surface area contributed by atoms with Gasteiger partial charge in [-0.05, 0) is 76.0 Å². The fourth-order valence-corrected chi connectivity index (χ4v) is 5.89. The lowest BCUT2D eigenvalue weighted by molar-refractivity contribution is -0.123. The van der Waals surface area contributed by atoms with Gasteiger partial charge in [0.05, 0.1) is 10.5 Å². The summed E-state index contributed by atoms with van der Waals surface area (Å²) < 4.78 is 24.2. The van der Waals surface area contributed by atoms with Crippen molar-refractivity contribution in [1.29, 1.82) is 0 Å². The van der Waals surface area contributed by atoms with Crippen LogP contribution in [0.25, 0.3) is 0 Å². The van der Waals surface area contributed by atoms with Crippen LogP contribution in [0.5, 0.6) is 0 Å². The van der Waals surface area contributed by atoms with Crippen LogP contribution >= 0.6 is 0 Å². The van der Waals surface area contributed by atoms with Crippen LogP contribution in [-0.2, 0) is 26.7 Å². The molecule has 0 spiro atoms. The highest BCUT2D eigenvalue weighted by molar-refractivity contribution is 7.92. The van der Waals surface area contributed by atoms with Crippen molar-refractivity contribution in [3.05, 3.63) is 71.3 Å². The summed E-state index contributed by atoms with van der Waals surface area (Å²) in [4.78, 5) is 12.9. The highest BCUT2D eigenvalue weighted by atomic mass is 32.2. The Kier molecular flexibility index (Phi) is 7.31. The molecule has 1 fully saturated rings. The number of hydrogen-bond acceptors (Lipinski definition) is 4. The van der Waals surface area contributed by atoms with E-state index >= 15 is 0 Å². The van der Waals surface area contributed by atoms with Crippen molar-refractivity contribution in [2.24, 2.45) is 11.8 Å². The van der Waals surface area contributed by atoms with Gasteiger partial charge in [-0.25, -0.2) is 8.42 Å². The first-order chi connectivity index (χ1) is 14.9. The molecule has 32 heavy (non-hydrogen) atoms. The molecule has 1 saturated carbocycles. The Balaban J connectivity index is 1.56. The van der Waals surface area contributed by atoms with E-state index in [2.05, 4.69) is 0 Å². The van der Waals surface area contributed by atoms with Crippen molar-refractivity contribution in [2.75, 3.05) is 5.75 Å². The fourth-order valence-electron chi connectivity index (χ4n) is 4.43. The largest absolute Gasteiger partial charge is 0.381 e. The molecule has 1 atom stereocenters. The van der Waals surface area contributed by atoms with Crippen LogP contribution in [0.1, 0.15) is 70.1 Å². The smallest absolute Gasteiger partial charge is 0.155 e. The van der Waals surface area contributed by atoms with E-state index in [-0.39, 0.29) is 23.4 Å². The maximum Gasteiger partial charge on any atom is 0.155 e. The predicted molar refractivity (Wildman–Crippen MR) is 129 cm³/mol. The zero-order valence-electron chi connectivity index (χ0n) is 19.7. The summed E-state index contributed by atoms with van der Waals surface area (Å²) in [5, 5.41) is 11.0. The molecule has 0 radical (unpaired) electrons. The van der Waals surface area contributed by atoms with Gasteiger partial charge in [-0.2, -0.15) is 0 Å². The SMILES string of the molecule is CC(O)(c1ccccc1)c1ccc(CC(=O)C2CCC(CS(=O)(=O)C(C)(C)C)CC2)cc1. The molecule has 3 rings (SSSR count). The van der Waals surface area contributed by atoms with E-state index in [1.54, 1.807) is 27.7 Å². The molecule has 1 N–H and O–H groups in total. The minimum absolute atomic E-state index is 0.00990. The standard InChI is InChI=1S/C27H36O4S/c1-26(2,3)32(30,31)19-21-10-14-22(15-11-21)25(28)18-20-12-16-24(17-13-20)27(4,29)23-8-6-5-7-9-23/h5-9,12-13,16-17,21-22,29H,10-11,14-15,18-19H2,1-4H3. The lowest BCUT2D eigenvalue weighted by Gasteiger charge is -2.30. The number of carbonyl (C=O) groups is 1. The van der Waals surface area contributed by atoms with E-state index in [1.807, 2.05) is 54.6 Å². The molecule has 0 aromatic heterocycles. The number of aliphatic hydroxyl groups is 1. The van der Waals surface area contributed by atoms with Crippen LogP contribution in [0.3, 0.4) is 0 Å². The van der Waals surface area contributed by atoms with Crippen molar-refractivity contribution in [3.8, 4) is 0 Å². The molecule has 0 bridgehead atoms. The fraction of sp³-hybridized carbons (Fsp3) is 0.519. The van der Waals surface area contributed by atoms with Crippen LogP contribution in [0.2, 0.25) is 0 Å². The molecule has 0 amide bonds. The van der Waals surface area contributed by atoms with E-state index in [0.717, 1.165) is 42.4 Å². The zero-order valence-corrected chi connectivity index (χ0v) is 20.5. The molecule has 2 aromatic rings. The molecule has 0 saturated heterocycles. The molecule has 1 aliphatic rings. The average Bonchev–Trinajstić information content (AvgIpc) is 2.74. The highest BCUT2D eigenvalue weighted by Gasteiger charge is 2.34. The summed E-state index contributed by atoms with van der Waals surface area (Å²) in [6, 6.07) is 17.2. The van der Waals surface area contributed by atoms with Crippen LogP contribution in [0.4, 0.5) is 0 Å². The number of benzene rings is 2. The third-order valence-corrected chi connectivity index (χ3v) is 9.70. The molecular weight excluding hydrogens is 420 g/mol. The first-order valence-corrected chi connectivity index (χ1v) is 13.2. The van der Waals surface area contributed by atoms with E-state index in [1.165, 1.54) is 0 Å². The molecule has 174 valence electrons. The molecule has 1 unspecified atom stereocenters. The first kappa shape index (κ1) is 24.7. The number of carbonyl (C=O) groups excluding carboxylic acids is 1. The molecular formula is C27H36O4S. The Hall–Kier alpha value is -1.98. The summed E-state index contributed by atoms with van der Waals surface area (Å²) in [6.45, 7) is 7.03. The van der Waals surface area contributed by atoms with Crippen molar-refractivity contribution in [1.82, 2.24) is 0 Å². The van der Waals surface area contributed by atoms with E-state index in [9.17, 15) is 18.3 Å². The lowest BCUT2D eigenvalue weighted by atomic mass is 9.79. The minimum atomic E-state index is -3.13. The number of ketones is 1. The van der Waals surface area contributed by atoms with E-state index in [4.69, 9.17) is 0 Å². The number of sulfone groups is 1.